The highest BCUT2D eigenvalue weighted by atomic mass is 16.6. The van der Waals surface area contributed by atoms with Gasteiger partial charge in [0.15, 0.2) is 6.61 Å². The molecule has 0 amide bonds. The minimum absolute atomic E-state index is 0.00833. The first kappa shape index (κ1) is 25.4. The first-order valence-corrected chi connectivity index (χ1v) is 12.4. The van der Waals surface area contributed by atoms with E-state index in [2.05, 4.69) is 6.07 Å². The van der Waals surface area contributed by atoms with E-state index in [-0.39, 0.29) is 23.8 Å². The largest absolute Gasteiger partial charge is 0.482 e. The third kappa shape index (κ3) is 5.86. The highest BCUT2D eigenvalue weighted by Gasteiger charge is 2.31. The van der Waals surface area contributed by atoms with Gasteiger partial charge in [-0.15, -0.1) is 0 Å². The number of carbonyl (C=O) groups excluding carboxylic acids is 1. The molecule has 0 spiro atoms. The zero-order valence-corrected chi connectivity index (χ0v) is 21.5. The third-order valence-electron chi connectivity index (χ3n) is 6.14. The average Bonchev–Trinajstić information content (AvgIpc) is 2.91. The van der Waals surface area contributed by atoms with Crippen LogP contribution in [0.25, 0.3) is 0 Å². The van der Waals surface area contributed by atoms with Crippen LogP contribution in [0, 0.1) is 25.2 Å². The van der Waals surface area contributed by atoms with Gasteiger partial charge in [0.2, 0.25) is 5.88 Å². The molecule has 7 heteroatoms. The number of hydrogen-bond donors (Lipinski definition) is 1. The number of allylic oxidation sites excluding steroid dienone is 1. The van der Waals surface area contributed by atoms with E-state index in [9.17, 15) is 10.1 Å². The summed E-state index contributed by atoms with van der Waals surface area (Å²) in [5.41, 5.74) is 10.0. The number of fused-ring (bicyclic) bond motifs is 1. The summed E-state index contributed by atoms with van der Waals surface area (Å²) >= 11 is 0. The second-order valence-corrected chi connectivity index (χ2v) is 9.20. The van der Waals surface area contributed by atoms with Gasteiger partial charge in [0, 0.05) is 11.6 Å². The van der Waals surface area contributed by atoms with Gasteiger partial charge in [0.25, 0.3) is 0 Å². The predicted molar refractivity (Wildman–Crippen MR) is 146 cm³/mol. The summed E-state index contributed by atoms with van der Waals surface area (Å²) in [6, 6.07) is 29.8. The number of nitrogens with zero attached hydrogens (tertiary/aromatic N) is 1. The molecule has 0 saturated carbocycles. The van der Waals surface area contributed by atoms with Crippen LogP contribution in [0.5, 0.6) is 28.7 Å². The monoisotopic (exact) mass is 518 g/mol. The Morgan fingerprint density at radius 3 is 2.36 bits per heavy atom. The molecule has 1 aliphatic rings. The Morgan fingerprint density at radius 1 is 0.872 bits per heavy atom. The molecule has 1 atom stereocenters. The number of rotatable bonds is 7. The van der Waals surface area contributed by atoms with Crippen LogP contribution in [0.3, 0.4) is 0 Å². The lowest BCUT2D eigenvalue weighted by atomic mass is 9.83. The zero-order chi connectivity index (χ0) is 27.4. The SMILES string of the molecule is Cc1cc(C)cc(OCC(=O)Oc2ccc3c(c2)OC(N)=C(C#N)C3c2cccc(Oc3ccccc3)c2)c1. The van der Waals surface area contributed by atoms with Crippen LogP contribution in [0.15, 0.2) is 102 Å². The van der Waals surface area contributed by atoms with E-state index < -0.39 is 11.9 Å². The molecule has 0 aromatic heterocycles. The maximum Gasteiger partial charge on any atom is 0.349 e. The third-order valence-corrected chi connectivity index (χ3v) is 6.14. The lowest BCUT2D eigenvalue weighted by Gasteiger charge is -2.27. The van der Waals surface area contributed by atoms with Crippen molar-refractivity contribution in [2.24, 2.45) is 5.73 Å². The first-order valence-electron chi connectivity index (χ1n) is 12.4. The second kappa shape index (κ2) is 11.0. The Balaban J connectivity index is 1.36. The van der Waals surface area contributed by atoms with Gasteiger partial charge in [-0.3, -0.25) is 0 Å². The quantitative estimate of drug-likeness (QED) is 0.226. The Hall–Kier alpha value is -5.22. The molecule has 0 radical (unpaired) electrons. The van der Waals surface area contributed by atoms with Crippen LogP contribution >= 0.6 is 0 Å². The summed E-state index contributed by atoms with van der Waals surface area (Å²) in [5, 5.41) is 9.90. The van der Waals surface area contributed by atoms with E-state index >= 15 is 0 Å². The summed E-state index contributed by atoms with van der Waals surface area (Å²) < 4.78 is 22.9. The fourth-order valence-corrected chi connectivity index (χ4v) is 4.54. The smallest absolute Gasteiger partial charge is 0.349 e. The normalized spacial score (nSPS) is 14.0. The summed E-state index contributed by atoms with van der Waals surface area (Å²) in [6.07, 6.45) is 0. The van der Waals surface area contributed by atoms with Crippen LogP contribution in [-0.4, -0.2) is 12.6 Å². The topological polar surface area (TPSA) is 104 Å². The Kier molecular flexibility index (Phi) is 7.19. The first-order chi connectivity index (χ1) is 18.9. The zero-order valence-electron chi connectivity index (χ0n) is 21.5. The fraction of sp³-hybridized carbons (Fsp3) is 0.125. The standard InChI is InChI=1S/C32H26N2O5/c1-20-13-21(2)15-26(14-20)36-19-30(35)38-25-11-12-27-29(17-25)39-32(34)28(18-33)31(27)22-7-6-10-24(16-22)37-23-8-4-3-5-9-23/h3-17,31H,19,34H2,1-2H3. The van der Waals surface area contributed by atoms with Gasteiger partial charge in [-0.05, 0) is 73.0 Å². The summed E-state index contributed by atoms with van der Waals surface area (Å²) in [4.78, 5) is 12.5. The van der Waals surface area contributed by atoms with Crippen molar-refractivity contribution < 1.29 is 23.7 Å². The molecule has 4 aromatic rings. The van der Waals surface area contributed by atoms with Crippen LogP contribution in [0.2, 0.25) is 0 Å². The van der Waals surface area contributed by atoms with Gasteiger partial charge in [0.1, 0.15) is 40.4 Å². The maximum atomic E-state index is 12.5. The number of benzene rings is 4. The molecule has 0 saturated heterocycles. The number of esters is 1. The number of hydrogen-bond acceptors (Lipinski definition) is 7. The van der Waals surface area contributed by atoms with Crippen molar-refractivity contribution in [3.8, 4) is 34.8 Å². The van der Waals surface area contributed by atoms with E-state index in [4.69, 9.17) is 24.7 Å². The minimum atomic E-state index is -0.562. The molecule has 0 fully saturated rings. The van der Waals surface area contributed by atoms with Gasteiger partial charge in [-0.1, -0.05) is 42.5 Å². The minimum Gasteiger partial charge on any atom is -0.482 e. The van der Waals surface area contributed by atoms with Crippen molar-refractivity contribution in [3.63, 3.8) is 0 Å². The molecule has 5 rings (SSSR count). The summed E-state index contributed by atoms with van der Waals surface area (Å²) in [5.74, 6) is 1.53. The lowest BCUT2D eigenvalue weighted by molar-refractivity contribution is -0.136. The molecule has 0 bridgehead atoms. The molecule has 7 nitrogen and oxygen atoms in total. The summed E-state index contributed by atoms with van der Waals surface area (Å²) in [6.45, 7) is 3.67. The molecule has 1 unspecified atom stereocenters. The van der Waals surface area contributed by atoms with Gasteiger partial charge >= 0.3 is 5.97 Å². The van der Waals surface area contributed by atoms with E-state index in [1.54, 1.807) is 18.2 Å². The van der Waals surface area contributed by atoms with Gasteiger partial charge in [0.05, 0.1) is 5.92 Å². The van der Waals surface area contributed by atoms with Crippen LogP contribution in [-0.2, 0) is 4.79 Å². The molecular formula is C32H26N2O5. The van der Waals surface area contributed by atoms with Crippen molar-refractivity contribution in [1.82, 2.24) is 0 Å². The molecular weight excluding hydrogens is 492 g/mol. The van der Waals surface area contributed by atoms with Crippen molar-refractivity contribution in [3.05, 3.63) is 125 Å². The van der Waals surface area contributed by atoms with Crippen LogP contribution < -0.4 is 24.7 Å². The second-order valence-electron chi connectivity index (χ2n) is 9.20. The maximum absolute atomic E-state index is 12.5. The fourth-order valence-electron chi connectivity index (χ4n) is 4.54. The molecule has 194 valence electrons. The van der Waals surface area contributed by atoms with E-state index in [0.29, 0.717) is 28.6 Å². The van der Waals surface area contributed by atoms with Gasteiger partial charge in [-0.2, -0.15) is 5.26 Å². The Labute approximate surface area is 226 Å². The predicted octanol–water partition coefficient (Wildman–Crippen LogP) is 6.30. The summed E-state index contributed by atoms with van der Waals surface area (Å²) in [7, 11) is 0. The average molecular weight is 519 g/mol. The Morgan fingerprint density at radius 2 is 1.62 bits per heavy atom. The molecule has 0 aliphatic carbocycles. The molecule has 4 aromatic carbocycles. The Bertz CT molecular complexity index is 1580. The molecule has 39 heavy (non-hydrogen) atoms. The van der Waals surface area contributed by atoms with E-state index in [1.807, 2.05) is 86.6 Å². The molecule has 1 aliphatic heterocycles. The number of para-hydroxylation sites is 1. The number of aryl methyl sites for hydroxylation is 2. The van der Waals surface area contributed by atoms with Crippen molar-refractivity contribution in [1.29, 1.82) is 5.26 Å². The van der Waals surface area contributed by atoms with Crippen LogP contribution in [0.1, 0.15) is 28.2 Å². The van der Waals surface area contributed by atoms with Gasteiger partial charge < -0.3 is 24.7 Å². The highest BCUT2D eigenvalue weighted by molar-refractivity contribution is 5.74. The number of nitrogens with two attached hydrogens (primary N) is 1. The van der Waals surface area contributed by atoms with E-state index in [0.717, 1.165) is 16.7 Å². The molecule has 1 heterocycles. The van der Waals surface area contributed by atoms with E-state index in [1.165, 1.54) is 0 Å². The number of ether oxygens (including phenoxy) is 4. The van der Waals surface area contributed by atoms with Crippen molar-refractivity contribution >= 4 is 5.97 Å². The van der Waals surface area contributed by atoms with Gasteiger partial charge in [-0.25, -0.2) is 4.79 Å². The number of carbonyl (C=O) groups is 1. The van der Waals surface area contributed by atoms with Crippen molar-refractivity contribution in [2.75, 3.05) is 6.61 Å². The van der Waals surface area contributed by atoms with Crippen LogP contribution in [0.4, 0.5) is 0 Å². The highest BCUT2D eigenvalue weighted by Crippen LogP contribution is 2.44. The lowest BCUT2D eigenvalue weighted by Crippen LogP contribution is -2.21. The van der Waals surface area contributed by atoms with Crippen molar-refractivity contribution in [2.45, 2.75) is 19.8 Å². The molecule has 2 N–H and O–H groups in total. The number of nitriles is 1.